The number of aryl methyl sites for hydroxylation is 1. The summed E-state index contributed by atoms with van der Waals surface area (Å²) < 4.78 is 40.2. The normalized spacial score (nSPS) is 22.2. The molecule has 2 amide bonds. The number of nitrogens with one attached hydrogen (secondary N) is 1. The van der Waals surface area contributed by atoms with Crippen molar-refractivity contribution in [3.63, 3.8) is 0 Å². The first-order valence-electron chi connectivity index (χ1n) is 13.0. The van der Waals surface area contributed by atoms with Gasteiger partial charge < -0.3 is 14.9 Å². The van der Waals surface area contributed by atoms with Crippen LogP contribution in [0, 0.1) is 12.3 Å². The highest BCUT2D eigenvalue weighted by Crippen LogP contribution is 2.56. The molecule has 3 aromatic rings. The number of hydrogen-bond donors (Lipinski definition) is 2. The SMILES string of the molecule is Cc1cc(C(F)(F)F)nn1-c1ccc(C2CN(C(=O)N3CC4(CC(c5nc(C6(O)CC6)n[nH]5)C4)C3)C2)cc1. The average molecular weight is 528 g/mol. The zero-order chi connectivity index (χ0) is 26.4. The van der Waals surface area contributed by atoms with Gasteiger partial charge in [-0.05, 0) is 56.4 Å². The number of H-pyrrole nitrogens is 1. The molecule has 0 radical (unpaired) electrons. The van der Waals surface area contributed by atoms with Gasteiger partial charge in [0.25, 0.3) is 0 Å². The molecule has 2 saturated carbocycles. The maximum absolute atomic E-state index is 13.0. The van der Waals surface area contributed by atoms with Gasteiger partial charge in [0, 0.05) is 49.1 Å². The molecule has 38 heavy (non-hydrogen) atoms. The van der Waals surface area contributed by atoms with Crippen molar-refractivity contribution in [3.8, 4) is 5.69 Å². The van der Waals surface area contributed by atoms with Gasteiger partial charge in [0.15, 0.2) is 11.5 Å². The Morgan fingerprint density at radius 1 is 1.08 bits per heavy atom. The van der Waals surface area contributed by atoms with Crippen LogP contribution in [-0.4, -0.2) is 72.1 Å². The smallest absolute Gasteiger partial charge is 0.382 e. The molecule has 2 aliphatic heterocycles. The summed E-state index contributed by atoms with van der Waals surface area (Å²) in [5, 5.41) is 21.1. The fourth-order valence-corrected chi connectivity index (χ4v) is 6.15. The first-order valence-corrected chi connectivity index (χ1v) is 13.0. The van der Waals surface area contributed by atoms with Gasteiger partial charge in [-0.2, -0.15) is 23.4 Å². The fourth-order valence-electron chi connectivity index (χ4n) is 6.15. The molecule has 2 N–H and O–H groups in total. The van der Waals surface area contributed by atoms with Gasteiger partial charge in [-0.1, -0.05) is 12.1 Å². The zero-order valence-corrected chi connectivity index (χ0v) is 20.9. The third-order valence-electron chi connectivity index (χ3n) is 8.65. The Balaban J connectivity index is 0.898. The summed E-state index contributed by atoms with van der Waals surface area (Å²) in [4.78, 5) is 21.2. The number of alkyl halides is 3. The van der Waals surface area contributed by atoms with Crippen LogP contribution in [0.15, 0.2) is 30.3 Å². The van der Waals surface area contributed by atoms with Gasteiger partial charge in [0.2, 0.25) is 0 Å². The van der Waals surface area contributed by atoms with Crippen LogP contribution in [0.5, 0.6) is 0 Å². The maximum atomic E-state index is 13.0. The van der Waals surface area contributed by atoms with Gasteiger partial charge in [-0.3, -0.25) is 5.10 Å². The lowest BCUT2D eigenvalue weighted by molar-refractivity contribution is -0.141. The number of nitrogens with zero attached hydrogens (tertiary/aromatic N) is 6. The molecule has 9 nitrogen and oxygen atoms in total. The van der Waals surface area contributed by atoms with E-state index < -0.39 is 17.5 Å². The second-order valence-electron chi connectivity index (χ2n) is 11.6. The number of carbonyl (C=O) groups excluding carboxylic acids is 1. The molecular weight excluding hydrogens is 499 g/mol. The van der Waals surface area contributed by atoms with Crippen molar-refractivity contribution in [2.24, 2.45) is 5.41 Å². The summed E-state index contributed by atoms with van der Waals surface area (Å²) in [6.07, 6.45) is -1.10. The molecule has 2 aliphatic carbocycles. The number of benzene rings is 1. The molecule has 12 heteroatoms. The molecule has 200 valence electrons. The van der Waals surface area contributed by atoms with Gasteiger partial charge in [-0.25, -0.2) is 14.5 Å². The van der Waals surface area contributed by atoms with Crippen molar-refractivity contribution >= 4 is 6.03 Å². The fraction of sp³-hybridized carbons (Fsp3) is 0.538. The molecule has 1 spiro atoms. The number of aromatic amines is 1. The lowest BCUT2D eigenvalue weighted by atomic mass is 9.57. The van der Waals surface area contributed by atoms with Crippen molar-refractivity contribution in [1.82, 2.24) is 34.8 Å². The van der Waals surface area contributed by atoms with Crippen LogP contribution in [0.1, 0.15) is 66.1 Å². The number of aromatic nitrogens is 5. The van der Waals surface area contributed by atoms with Crippen LogP contribution in [-0.2, 0) is 11.8 Å². The molecule has 4 heterocycles. The summed E-state index contributed by atoms with van der Waals surface area (Å²) in [5.74, 6) is 1.87. The van der Waals surface area contributed by atoms with Crippen LogP contribution >= 0.6 is 0 Å². The highest BCUT2D eigenvalue weighted by Gasteiger charge is 2.56. The van der Waals surface area contributed by atoms with Crippen LogP contribution < -0.4 is 0 Å². The van der Waals surface area contributed by atoms with E-state index in [1.54, 1.807) is 19.1 Å². The number of amides is 2. The minimum absolute atomic E-state index is 0.0664. The molecule has 1 aromatic carbocycles. The highest BCUT2D eigenvalue weighted by molar-refractivity contribution is 5.77. The Morgan fingerprint density at radius 2 is 1.76 bits per heavy atom. The Kier molecular flexibility index (Phi) is 4.87. The number of hydrogen-bond acceptors (Lipinski definition) is 5. The van der Waals surface area contributed by atoms with E-state index in [1.165, 1.54) is 4.68 Å². The average Bonchev–Trinajstić information content (AvgIpc) is 3.16. The van der Waals surface area contributed by atoms with Gasteiger partial charge >= 0.3 is 12.2 Å². The predicted molar refractivity (Wildman–Crippen MR) is 129 cm³/mol. The largest absolute Gasteiger partial charge is 0.435 e. The molecule has 7 rings (SSSR count). The summed E-state index contributed by atoms with van der Waals surface area (Å²) in [6.45, 7) is 4.37. The Labute approximate surface area is 216 Å². The Morgan fingerprint density at radius 3 is 2.37 bits per heavy atom. The van der Waals surface area contributed by atoms with Crippen molar-refractivity contribution in [3.05, 3.63) is 58.9 Å². The number of aliphatic hydroxyl groups is 1. The molecule has 0 atom stereocenters. The van der Waals surface area contributed by atoms with Crippen LogP contribution in [0.25, 0.3) is 5.69 Å². The van der Waals surface area contributed by atoms with Gasteiger partial charge in [0.1, 0.15) is 11.4 Å². The summed E-state index contributed by atoms with van der Waals surface area (Å²) >= 11 is 0. The standard InChI is InChI=1S/C26H28F3N7O2/c1-15-8-20(26(27,28)29)33-36(15)19-4-2-16(3-5-19)18-11-34(12-18)23(37)35-13-24(14-35)9-17(10-24)21-30-22(32-31-21)25(38)6-7-25/h2-5,8,17-18,38H,6-7,9-14H2,1H3,(H,30,31,32). The molecule has 2 saturated heterocycles. The third-order valence-corrected chi connectivity index (χ3v) is 8.65. The summed E-state index contributed by atoms with van der Waals surface area (Å²) in [7, 11) is 0. The van der Waals surface area contributed by atoms with Gasteiger partial charge in [0.05, 0.1) is 5.69 Å². The predicted octanol–water partition coefficient (Wildman–Crippen LogP) is 3.70. The first kappa shape index (κ1) is 23.7. The second-order valence-corrected chi connectivity index (χ2v) is 11.6. The van der Waals surface area contributed by atoms with E-state index in [2.05, 4.69) is 20.3 Å². The molecule has 4 aliphatic rings. The molecule has 2 aromatic heterocycles. The van der Waals surface area contributed by atoms with E-state index >= 15 is 0 Å². The zero-order valence-electron chi connectivity index (χ0n) is 20.9. The van der Waals surface area contributed by atoms with E-state index in [1.807, 2.05) is 21.9 Å². The first-order chi connectivity index (χ1) is 18.0. The van der Waals surface area contributed by atoms with E-state index in [0.29, 0.717) is 36.2 Å². The second kappa shape index (κ2) is 7.81. The van der Waals surface area contributed by atoms with Crippen molar-refractivity contribution < 1.29 is 23.1 Å². The number of halogens is 3. The van der Waals surface area contributed by atoms with Crippen molar-refractivity contribution in [1.29, 1.82) is 0 Å². The number of rotatable bonds is 4. The van der Waals surface area contributed by atoms with E-state index in [-0.39, 0.29) is 17.4 Å². The lowest BCUT2D eigenvalue weighted by Gasteiger charge is -2.59. The summed E-state index contributed by atoms with van der Waals surface area (Å²) in [5.41, 5.74) is 0.481. The summed E-state index contributed by atoms with van der Waals surface area (Å²) in [6, 6.07) is 8.46. The Bertz CT molecular complexity index is 1390. The van der Waals surface area contributed by atoms with Crippen LogP contribution in [0.3, 0.4) is 0 Å². The number of carbonyl (C=O) groups is 1. The van der Waals surface area contributed by atoms with E-state index in [0.717, 1.165) is 56.2 Å². The van der Waals surface area contributed by atoms with E-state index in [4.69, 9.17) is 0 Å². The van der Waals surface area contributed by atoms with E-state index in [9.17, 15) is 23.1 Å². The third kappa shape index (κ3) is 3.79. The lowest BCUT2D eigenvalue weighted by Crippen LogP contribution is -2.67. The minimum atomic E-state index is -4.48. The molecular formula is C26H28F3N7O2. The number of urea groups is 1. The maximum Gasteiger partial charge on any atom is 0.435 e. The molecule has 0 unspecified atom stereocenters. The van der Waals surface area contributed by atoms with Crippen LogP contribution in [0.2, 0.25) is 0 Å². The topological polar surface area (TPSA) is 103 Å². The van der Waals surface area contributed by atoms with Crippen molar-refractivity contribution in [2.45, 2.75) is 56.2 Å². The van der Waals surface area contributed by atoms with Crippen LogP contribution in [0.4, 0.5) is 18.0 Å². The number of likely N-dealkylation sites (tertiary alicyclic amines) is 2. The molecule has 4 fully saturated rings. The highest BCUT2D eigenvalue weighted by atomic mass is 19.4. The minimum Gasteiger partial charge on any atom is -0.382 e. The Hall–Kier alpha value is -3.41. The quantitative estimate of drug-likeness (QED) is 0.539. The molecule has 0 bridgehead atoms. The monoisotopic (exact) mass is 527 g/mol. The van der Waals surface area contributed by atoms with Gasteiger partial charge in [-0.15, -0.1) is 0 Å². The van der Waals surface area contributed by atoms with Crippen molar-refractivity contribution in [2.75, 3.05) is 26.2 Å².